The van der Waals surface area contributed by atoms with E-state index in [9.17, 15) is 0 Å². The molecule has 14 rings (SSSR count). The molecule has 0 radical (unpaired) electrons. The summed E-state index contributed by atoms with van der Waals surface area (Å²) in [5, 5.41) is 0. The second kappa shape index (κ2) is 22.0. The molecule has 0 aliphatic heterocycles. The zero-order valence-corrected chi connectivity index (χ0v) is 45.1. The van der Waals surface area contributed by atoms with Gasteiger partial charge < -0.3 is 0 Å². The van der Waals surface area contributed by atoms with E-state index in [2.05, 4.69) is 55.9 Å². The van der Waals surface area contributed by atoms with Crippen LogP contribution in [-0.2, 0) is 72.9 Å². The van der Waals surface area contributed by atoms with Crippen LogP contribution in [0.25, 0.3) is 45.0 Å². The summed E-state index contributed by atoms with van der Waals surface area (Å²) in [6.07, 6.45) is 5.24. The van der Waals surface area contributed by atoms with E-state index in [0.29, 0.717) is 51.2 Å². The number of fused-ring (bicyclic) bond motifs is 3. The fourth-order valence-corrected chi connectivity index (χ4v) is 11.8. The van der Waals surface area contributed by atoms with Crippen LogP contribution in [0.1, 0.15) is 160 Å². The lowest BCUT2D eigenvalue weighted by molar-refractivity contribution is -0.661. The highest BCUT2D eigenvalue weighted by Crippen LogP contribution is 2.50. The van der Waals surface area contributed by atoms with E-state index in [1.165, 1.54) is 47.7 Å². The monoisotopic (exact) mass is 1010 g/mol. The van der Waals surface area contributed by atoms with Crippen molar-refractivity contribution in [3.8, 4) is 45.0 Å². The van der Waals surface area contributed by atoms with E-state index in [1.807, 2.05) is 36.9 Å². The highest BCUT2D eigenvalue weighted by Gasteiger charge is 2.39. The van der Waals surface area contributed by atoms with Crippen LogP contribution in [0.2, 0.25) is 0 Å². The molecule has 4 aromatic carbocycles. The fraction of sp³-hybridized carbons (Fsp3) is 0.380. The van der Waals surface area contributed by atoms with Crippen molar-refractivity contribution < 1.29 is 44.3 Å². The van der Waals surface area contributed by atoms with Crippen molar-refractivity contribution in [2.45, 2.75) is 144 Å². The van der Waals surface area contributed by atoms with Gasteiger partial charge in [-0.2, -0.15) is 0 Å². The van der Waals surface area contributed by atoms with E-state index in [1.54, 1.807) is 115 Å². The Labute approximate surface area is 477 Å². The van der Waals surface area contributed by atoms with Crippen molar-refractivity contribution in [1.29, 1.82) is 0 Å². The first-order valence-electron chi connectivity index (χ1n) is 35.9. The number of hydrogen-bond donors (Lipinski definition) is 0. The van der Waals surface area contributed by atoms with Crippen molar-refractivity contribution in [3.63, 3.8) is 0 Å². The molecule has 6 aliphatic carbocycles. The van der Waals surface area contributed by atoms with Gasteiger partial charge in [0.15, 0.2) is 24.8 Å². The van der Waals surface area contributed by atoms with Gasteiger partial charge in [-0.05, 0) is 219 Å². The third-order valence-electron chi connectivity index (χ3n) is 15.7. The van der Waals surface area contributed by atoms with Crippen LogP contribution in [-0.4, -0.2) is 0 Å². The minimum Gasteiger partial charge on any atom is -0.201 e. The third kappa shape index (κ3) is 11.0. The molecule has 0 saturated heterocycles. The number of pyridine rings is 4. The minimum absolute atomic E-state index is 0.108. The molecular formula is C71H84N4+4. The Kier molecular flexibility index (Phi) is 9.82. The molecule has 8 aromatic rings. The Balaban J connectivity index is 0.000000137. The Morgan fingerprint density at radius 2 is 0.880 bits per heavy atom. The number of benzene rings is 4. The lowest BCUT2D eigenvalue weighted by Gasteiger charge is -2.41. The molecule has 4 aromatic heterocycles. The van der Waals surface area contributed by atoms with Gasteiger partial charge in [0.25, 0.3) is 0 Å². The van der Waals surface area contributed by atoms with Gasteiger partial charge in [-0.3, -0.25) is 0 Å². The summed E-state index contributed by atoms with van der Waals surface area (Å²) in [7, 11) is 7.72. The minimum atomic E-state index is -2.20. The van der Waals surface area contributed by atoms with E-state index >= 15 is 0 Å². The van der Waals surface area contributed by atoms with Gasteiger partial charge in [0.2, 0.25) is 22.8 Å². The predicted octanol–water partition coefficient (Wildman–Crippen LogP) is 14.1. The topological polar surface area (TPSA) is 15.5 Å². The van der Waals surface area contributed by atoms with Crippen LogP contribution in [0.5, 0.6) is 0 Å². The molecule has 384 valence electrons. The summed E-state index contributed by atoms with van der Waals surface area (Å²) < 4.78 is 159. The molecule has 6 aliphatic rings. The van der Waals surface area contributed by atoms with E-state index in [0.717, 1.165) is 62.9 Å². The Bertz CT molecular complexity index is 4290. The van der Waals surface area contributed by atoms with Crippen molar-refractivity contribution in [3.05, 3.63) is 211 Å². The maximum Gasteiger partial charge on any atom is 0.216 e. The number of aromatic nitrogens is 4. The van der Waals surface area contributed by atoms with Gasteiger partial charge in [-0.15, -0.1) is 0 Å². The summed E-state index contributed by atoms with van der Waals surface area (Å²) >= 11 is 0. The van der Waals surface area contributed by atoms with Gasteiger partial charge in [0.1, 0.15) is 28.2 Å². The van der Waals surface area contributed by atoms with Crippen molar-refractivity contribution >= 4 is 0 Å². The molecule has 4 heteroatoms. The molecule has 4 nitrogen and oxygen atoms in total. The van der Waals surface area contributed by atoms with E-state index in [4.69, 9.17) is 26.0 Å². The molecular weight excluding hydrogens is 909 g/mol. The molecule has 0 atom stereocenters. The molecule has 75 heavy (non-hydrogen) atoms. The third-order valence-corrected chi connectivity index (χ3v) is 15.7. The maximum atomic E-state index is 8.48. The van der Waals surface area contributed by atoms with Crippen LogP contribution in [0.3, 0.4) is 0 Å². The first kappa shape index (κ1) is 33.5. The number of rotatable bonds is 4. The Hall–Kier alpha value is -6.52. The zero-order chi connectivity index (χ0) is 69.1. The highest BCUT2D eigenvalue weighted by atomic mass is 14.9. The normalized spacial score (nSPS) is 24.0. The van der Waals surface area contributed by atoms with Gasteiger partial charge in [-0.25, -0.2) is 18.3 Å². The molecule has 0 amide bonds. The van der Waals surface area contributed by atoms with Crippen LogP contribution in [0, 0.1) is 61.1 Å². The highest BCUT2D eigenvalue weighted by molar-refractivity contribution is 5.68. The van der Waals surface area contributed by atoms with Crippen molar-refractivity contribution in [2.75, 3.05) is 0 Å². The second-order valence-corrected chi connectivity index (χ2v) is 21.3. The molecule has 1 fully saturated rings. The lowest BCUT2D eigenvalue weighted by Crippen LogP contribution is -2.37. The Morgan fingerprint density at radius 1 is 0.427 bits per heavy atom. The van der Waals surface area contributed by atoms with Crippen LogP contribution in [0.15, 0.2) is 122 Å². The van der Waals surface area contributed by atoms with E-state index in [-0.39, 0.29) is 30.4 Å². The number of nitrogens with zero attached hydrogens (tertiary/aromatic N) is 4. The SMILES string of the molecule is Cc1ccc(-c2cc3c(c[n+]2C)CC2CC3C2)c(C)c1.[2H]C([2H])([2H])c1ccc(-c2c3c(cc[n+]2C)C([2H])([2H])CC3([2H])[2H])c(C)c1.[2H]C([2H])([2H])c1ccc(-c2c3c(cc[n+]2C)C([2H])([2H])CCC3([2H])[2H])c(C)c1.[2H]C([2H])([2H])c1ccc(-c2cc3c(c[n+]2C)CCC3([2H])[2H])c(C)c1. The van der Waals surface area contributed by atoms with Gasteiger partial charge in [-0.1, -0.05) is 70.8 Å². The van der Waals surface area contributed by atoms with Crippen LogP contribution < -0.4 is 18.3 Å². The van der Waals surface area contributed by atoms with Crippen LogP contribution >= 0.6 is 0 Å². The quantitative estimate of drug-likeness (QED) is 0.156. The standard InChI is InChI=1S/C19H22N.C18H22N.2C17H20N/c1-12-4-5-17(13(2)6-12)19-10-18-15-7-14(8-15)9-16(18)11-20(19)3;1-13-8-9-16(14(2)12-13)18-17-7-5-4-6-15(17)10-11-19(18)3;1-12-7-8-16(13(2)9-12)17-10-14-5-4-6-15(14)11-18(17)3;1-12-7-8-15(13(2)11-12)17-16-6-4-5-14(16)9-10-18(17)3/h4-6,10-11,14-15H,7-9H2,1-3H3;8-12H,4-7H2,1-3H3;2*7-11H,4-6H2,1-3H3/q4*+1/i;1D3,6D2,7D2;1D3,5D2;1D3,5D2,6D2. The summed E-state index contributed by atoms with van der Waals surface area (Å²) in [4.78, 5) is 0. The smallest absolute Gasteiger partial charge is 0.201 e. The molecule has 0 unspecified atom stereocenters. The van der Waals surface area contributed by atoms with Gasteiger partial charge >= 0.3 is 0 Å². The lowest BCUT2D eigenvalue weighted by atomic mass is 9.63. The summed E-state index contributed by atoms with van der Waals surface area (Å²) in [6, 6.07) is 29.3. The molecule has 0 spiro atoms. The Morgan fingerprint density at radius 3 is 1.43 bits per heavy atom. The fourth-order valence-electron chi connectivity index (χ4n) is 11.8. The molecule has 4 heterocycles. The van der Waals surface area contributed by atoms with Crippen LogP contribution in [0.4, 0.5) is 0 Å². The molecule has 0 N–H and O–H groups in total. The zero-order valence-electron chi connectivity index (χ0n) is 64.1. The average Bonchev–Trinajstić information content (AvgIpc) is 1.30. The van der Waals surface area contributed by atoms with E-state index < -0.39 is 52.4 Å². The summed E-state index contributed by atoms with van der Waals surface area (Å²) in [6.45, 7) is 3.37. The van der Waals surface area contributed by atoms with Crippen molar-refractivity contribution in [2.24, 2.45) is 34.1 Å². The summed E-state index contributed by atoms with van der Waals surface area (Å²) in [5.41, 5.74) is 19.6. The average molecular weight is 1010 g/mol. The first-order valence-corrected chi connectivity index (χ1v) is 26.4. The first-order chi connectivity index (χ1) is 43.4. The van der Waals surface area contributed by atoms with Gasteiger partial charge in [0, 0.05) is 94.8 Å². The van der Waals surface area contributed by atoms with Crippen molar-refractivity contribution in [1.82, 2.24) is 0 Å². The number of hydrogen-bond acceptors (Lipinski definition) is 0. The maximum absolute atomic E-state index is 8.48. The summed E-state index contributed by atoms with van der Waals surface area (Å²) in [5.74, 6) is 1.81. The van der Waals surface area contributed by atoms with Gasteiger partial charge in [0.05, 0.1) is 0 Å². The molecule has 2 bridgehead atoms. The predicted molar refractivity (Wildman–Crippen MR) is 310 cm³/mol. The largest absolute Gasteiger partial charge is 0.216 e. The second-order valence-electron chi connectivity index (χ2n) is 21.3. The number of aryl methyl sites for hydroxylation is 16. The molecule has 1 saturated carbocycles.